The van der Waals surface area contributed by atoms with Crippen molar-refractivity contribution in [3.63, 3.8) is 0 Å². The molecular weight excluding hydrogens is 296 g/mol. The van der Waals surface area contributed by atoms with Gasteiger partial charge in [0.2, 0.25) is 5.95 Å². The highest BCUT2D eigenvalue weighted by Crippen LogP contribution is 2.35. The van der Waals surface area contributed by atoms with Crippen LogP contribution in [0.25, 0.3) is 0 Å². The van der Waals surface area contributed by atoms with E-state index in [1.54, 1.807) is 24.3 Å². The standard InChI is InChI=1S/C13H13ClN4O3/c1-3-15-13-16-8(2)11(18(19)20)12(17-13)21-10-7-5-4-6-9(10)14/h4-7H,3H2,1-2H3,(H,15,16,17). The average molecular weight is 309 g/mol. The minimum atomic E-state index is -0.572. The highest BCUT2D eigenvalue weighted by atomic mass is 35.5. The minimum absolute atomic E-state index is 0.142. The van der Waals surface area contributed by atoms with E-state index in [4.69, 9.17) is 16.3 Å². The molecule has 0 saturated carbocycles. The Morgan fingerprint density at radius 1 is 1.38 bits per heavy atom. The zero-order valence-electron chi connectivity index (χ0n) is 11.5. The maximum atomic E-state index is 11.2. The number of halogens is 1. The van der Waals surface area contributed by atoms with Gasteiger partial charge in [0.05, 0.1) is 9.95 Å². The number of hydrogen-bond acceptors (Lipinski definition) is 6. The molecule has 2 rings (SSSR count). The third-order valence-corrected chi connectivity index (χ3v) is 2.90. The predicted molar refractivity (Wildman–Crippen MR) is 79.1 cm³/mol. The molecule has 1 heterocycles. The predicted octanol–water partition coefficient (Wildman–Crippen LogP) is 3.57. The van der Waals surface area contributed by atoms with Crippen molar-refractivity contribution in [1.82, 2.24) is 9.97 Å². The van der Waals surface area contributed by atoms with Crippen molar-refractivity contribution >= 4 is 23.2 Å². The zero-order valence-corrected chi connectivity index (χ0v) is 12.2. The number of anilines is 1. The lowest BCUT2D eigenvalue weighted by Gasteiger charge is -2.10. The fourth-order valence-electron chi connectivity index (χ4n) is 1.69. The van der Waals surface area contributed by atoms with Gasteiger partial charge in [0.15, 0.2) is 0 Å². The monoisotopic (exact) mass is 308 g/mol. The van der Waals surface area contributed by atoms with Crippen LogP contribution in [-0.4, -0.2) is 21.4 Å². The highest BCUT2D eigenvalue weighted by Gasteiger charge is 2.24. The van der Waals surface area contributed by atoms with Crippen molar-refractivity contribution < 1.29 is 9.66 Å². The van der Waals surface area contributed by atoms with Gasteiger partial charge in [-0.1, -0.05) is 23.7 Å². The van der Waals surface area contributed by atoms with E-state index in [9.17, 15) is 10.1 Å². The number of hydrogen-bond donors (Lipinski definition) is 1. The molecule has 0 aliphatic rings. The smallest absolute Gasteiger partial charge is 0.352 e. The van der Waals surface area contributed by atoms with Crippen molar-refractivity contribution in [3.8, 4) is 11.6 Å². The van der Waals surface area contributed by atoms with Crippen molar-refractivity contribution in [1.29, 1.82) is 0 Å². The first-order valence-electron chi connectivity index (χ1n) is 6.22. The molecule has 0 aliphatic heterocycles. The van der Waals surface area contributed by atoms with Crippen LogP contribution in [0, 0.1) is 17.0 Å². The van der Waals surface area contributed by atoms with Gasteiger partial charge in [-0.15, -0.1) is 0 Å². The number of rotatable bonds is 5. The average Bonchev–Trinajstić information content (AvgIpc) is 2.41. The lowest BCUT2D eigenvalue weighted by Crippen LogP contribution is -2.07. The number of nitro groups is 1. The van der Waals surface area contributed by atoms with Crippen LogP contribution in [0.2, 0.25) is 5.02 Å². The molecule has 110 valence electrons. The van der Waals surface area contributed by atoms with Gasteiger partial charge in [-0.2, -0.15) is 4.98 Å². The summed E-state index contributed by atoms with van der Waals surface area (Å²) in [6.07, 6.45) is 0. The van der Waals surface area contributed by atoms with Gasteiger partial charge in [-0.05, 0) is 26.0 Å². The highest BCUT2D eigenvalue weighted by molar-refractivity contribution is 6.32. The summed E-state index contributed by atoms with van der Waals surface area (Å²) >= 11 is 5.99. The quantitative estimate of drug-likeness (QED) is 0.670. The van der Waals surface area contributed by atoms with E-state index in [1.165, 1.54) is 6.92 Å². The van der Waals surface area contributed by atoms with Crippen molar-refractivity contribution in [2.45, 2.75) is 13.8 Å². The van der Waals surface area contributed by atoms with Crippen LogP contribution in [-0.2, 0) is 0 Å². The maximum absolute atomic E-state index is 11.2. The van der Waals surface area contributed by atoms with Gasteiger partial charge in [0.1, 0.15) is 11.4 Å². The Morgan fingerprint density at radius 3 is 2.71 bits per heavy atom. The number of nitrogens with one attached hydrogen (secondary N) is 1. The molecule has 0 unspecified atom stereocenters. The van der Waals surface area contributed by atoms with Crippen molar-refractivity contribution in [2.24, 2.45) is 0 Å². The summed E-state index contributed by atoms with van der Waals surface area (Å²) in [5, 5.41) is 14.4. The Hall–Kier alpha value is -2.41. The number of para-hydroxylation sites is 1. The second-order valence-electron chi connectivity index (χ2n) is 4.11. The molecule has 0 radical (unpaired) electrons. The zero-order chi connectivity index (χ0) is 15.4. The van der Waals surface area contributed by atoms with E-state index in [0.717, 1.165) is 0 Å². The van der Waals surface area contributed by atoms with E-state index in [-0.39, 0.29) is 23.2 Å². The van der Waals surface area contributed by atoms with E-state index in [2.05, 4.69) is 15.3 Å². The Kier molecular flexibility index (Phi) is 4.54. The molecular formula is C13H13ClN4O3. The van der Waals surface area contributed by atoms with Crippen molar-refractivity contribution in [2.75, 3.05) is 11.9 Å². The summed E-state index contributed by atoms with van der Waals surface area (Å²) < 4.78 is 5.50. The van der Waals surface area contributed by atoms with Crippen LogP contribution in [0.5, 0.6) is 11.6 Å². The summed E-state index contributed by atoms with van der Waals surface area (Å²) in [6, 6.07) is 6.68. The van der Waals surface area contributed by atoms with Crippen molar-refractivity contribution in [3.05, 3.63) is 45.1 Å². The minimum Gasteiger partial charge on any atom is -0.432 e. The van der Waals surface area contributed by atoms with Gasteiger partial charge in [-0.25, -0.2) is 4.98 Å². The molecule has 8 heteroatoms. The van der Waals surface area contributed by atoms with Crippen LogP contribution in [0.1, 0.15) is 12.6 Å². The molecule has 1 N–H and O–H groups in total. The molecule has 0 fully saturated rings. The summed E-state index contributed by atoms with van der Waals surface area (Å²) in [5.41, 5.74) is -0.0652. The summed E-state index contributed by atoms with van der Waals surface area (Å²) in [5.74, 6) is 0.419. The molecule has 0 aliphatic carbocycles. The molecule has 0 spiro atoms. The summed E-state index contributed by atoms with van der Waals surface area (Å²) in [4.78, 5) is 18.7. The molecule has 0 saturated heterocycles. The molecule has 0 atom stereocenters. The molecule has 2 aromatic rings. The number of nitrogens with zero attached hydrogens (tertiary/aromatic N) is 3. The first kappa shape index (κ1) is 15.0. The first-order valence-corrected chi connectivity index (χ1v) is 6.60. The lowest BCUT2D eigenvalue weighted by atomic mass is 10.3. The molecule has 0 bridgehead atoms. The van der Waals surface area contributed by atoms with Crippen LogP contribution in [0.3, 0.4) is 0 Å². The Bertz CT molecular complexity index is 678. The first-order chi connectivity index (χ1) is 10.0. The van der Waals surface area contributed by atoms with Crippen LogP contribution >= 0.6 is 11.6 Å². The molecule has 1 aromatic carbocycles. The number of benzene rings is 1. The van der Waals surface area contributed by atoms with Gasteiger partial charge >= 0.3 is 11.6 Å². The summed E-state index contributed by atoms with van der Waals surface area (Å²) in [6.45, 7) is 3.98. The second-order valence-corrected chi connectivity index (χ2v) is 4.51. The van der Waals surface area contributed by atoms with E-state index in [0.29, 0.717) is 17.3 Å². The topological polar surface area (TPSA) is 90.2 Å². The number of ether oxygens (including phenoxy) is 1. The SMILES string of the molecule is CCNc1nc(C)c([N+](=O)[O-])c(Oc2ccccc2Cl)n1. The third-order valence-electron chi connectivity index (χ3n) is 2.59. The van der Waals surface area contributed by atoms with Crippen LogP contribution < -0.4 is 10.1 Å². The largest absolute Gasteiger partial charge is 0.432 e. The maximum Gasteiger partial charge on any atom is 0.352 e. The second kappa shape index (κ2) is 6.36. The number of aromatic nitrogens is 2. The van der Waals surface area contributed by atoms with E-state index < -0.39 is 4.92 Å². The van der Waals surface area contributed by atoms with Gasteiger partial charge < -0.3 is 10.1 Å². The van der Waals surface area contributed by atoms with Gasteiger partial charge in [0.25, 0.3) is 0 Å². The summed E-state index contributed by atoms with van der Waals surface area (Å²) in [7, 11) is 0. The molecule has 0 amide bonds. The fourth-order valence-corrected chi connectivity index (χ4v) is 1.87. The van der Waals surface area contributed by atoms with Crippen LogP contribution in [0.15, 0.2) is 24.3 Å². The van der Waals surface area contributed by atoms with Crippen LogP contribution in [0.4, 0.5) is 11.6 Å². The van der Waals surface area contributed by atoms with Gasteiger partial charge in [-0.3, -0.25) is 10.1 Å². The van der Waals surface area contributed by atoms with Gasteiger partial charge in [0, 0.05) is 6.54 Å². The Labute approximate surface area is 126 Å². The third kappa shape index (κ3) is 3.38. The van der Waals surface area contributed by atoms with E-state index in [1.807, 2.05) is 6.92 Å². The normalized spacial score (nSPS) is 10.2. The fraction of sp³-hybridized carbons (Fsp3) is 0.231. The Balaban J connectivity index is 2.49. The Morgan fingerprint density at radius 2 is 2.10 bits per heavy atom. The molecule has 21 heavy (non-hydrogen) atoms. The number of aryl methyl sites for hydroxylation is 1. The molecule has 1 aromatic heterocycles. The van der Waals surface area contributed by atoms with E-state index >= 15 is 0 Å². The lowest BCUT2D eigenvalue weighted by molar-refractivity contribution is -0.386. The molecule has 7 nitrogen and oxygen atoms in total.